The van der Waals surface area contributed by atoms with Crippen molar-refractivity contribution in [2.24, 2.45) is 0 Å². The van der Waals surface area contributed by atoms with Crippen molar-refractivity contribution in [1.82, 2.24) is 30.3 Å². The zero-order chi connectivity index (χ0) is 19.7. The van der Waals surface area contributed by atoms with Crippen LogP contribution in [0.3, 0.4) is 0 Å². The fourth-order valence-electron chi connectivity index (χ4n) is 2.39. The molecule has 0 radical (unpaired) electrons. The van der Waals surface area contributed by atoms with Gasteiger partial charge < -0.3 is 4.52 Å². The van der Waals surface area contributed by atoms with Gasteiger partial charge in [-0.25, -0.2) is 0 Å². The smallest absolute Gasteiger partial charge is 0.337 e. The first-order valence-electron chi connectivity index (χ1n) is 7.92. The van der Waals surface area contributed by atoms with Crippen molar-refractivity contribution in [2.75, 3.05) is 0 Å². The molecule has 2 aromatic heterocycles. The van der Waals surface area contributed by atoms with Gasteiger partial charge in [0.1, 0.15) is 6.54 Å². The quantitative estimate of drug-likeness (QED) is 0.462. The van der Waals surface area contributed by atoms with Crippen molar-refractivity contribution in [3.63, 3.8) is 0 Å². The maximum Gasteiger partial charge on any atom is 0.416 e. The Hall–Kier alpha value is -3.08. The summed E-state index contributed by atoms with van der Waals surface area (Å²) >= 11 is 3.36. The molecular weight excluding hydrogens is 441 g/mol. The maximum absolute atomic E-state index is 12.6. The topological polar surface area (TPSA) is 82.5 Å². The zero-order valence-corrected chi connectivity index (χ0v) is 15.5. The lowest BCUT2D eigenvalue weighted by molar-refractivity contribution is -0.137. The molecule has 0 aliphatic rings. The van der Waals surface area contributed by atoms with Gasteiger partial charge in [-0.05, 0) is 41.6 Å². The molecule has 0 saturated carbocycles. The van der Waals surface area contributed by atoms with Gasteiger partial charge in [0.15, 0.2) is 0 Å². The van der Waals surface area contributed by atoms with Gasteiger partial charge in [0.2, 0.25) is 11.6 Å². The fourth-order valence-corrected chi connectivity index (χ4v) is 2.65. The third-order valence-corrected chi connectivity index (χ3v) is 4.30. The number of aromatic nitrogens is 6. The molecule has 0 amide bonds. The molecule has 0 spiro atoms. The minimum Gasteiger partial charge on any atom is -0.337 e. The average molecular weight is 451 g/mol. The van der Waals surface area contributed by atoms with E-state index in [2.05, 4.69) is 41.5 Å². The number of halogens is 4. The number of rotatable bonds is 4. The molecule has 4 aromatic rings. The van der Waals surface area contributed by atoms with Crippen molar-refractivity contribution in [3.8, 4) is 22.8 Å². The van der Waals surface area contributed by atoms with Crippen LogP contribution in [0, 0.1) is 0 Å². The number of hydrogen-bond donors (Lipinski definition) is 0. The number of alkyl halides is 3. The molecule has 142 valence electrons. The molecule has 11 heteroatoms. The lowest BCUT2D eigenvalue weighted by Crippen LogP contribution is -2.04. The van der Waals surface area contributed by atoms with Crippen LogP contribution in [-0.4, -0.2) is 30.3 Å². The van der Waals surface area contributed by atoms with E-state index in [1.807, 2.05) is 24.3 Å². The van der Waals surface area contributed by atoms with Gasteiger partial charge in [-0.2, -0.15) is 23.0 Å². The molecule has 2 heterocycles. The van der Waals surface area contributed by atoms with Gasteiger partial charge in [-0.1, -0.05) is 33.2 Å². The zero-order valence-electron chi connectivity index (χ0n) is 13.9. The Morgan fingerprint density at radius 1 is 0.929 bits per heavy atom. The normalized spacial score (nSPS) is 11.7. The van der Waals surface area contributed by atoms with E-state index in [-0.39, 0.29) is 18.3 Å². The van der Waals surface area contributed by atoms with Crippen LogP contribution in [0.4, 0.5) is 13.2 Å². The van der Waals surface area contributed by atoms with E-state index in [9.17, 15) is 13.2 Å². The minimum atomic E-state index is -4.40. The standard InChI is InChI=1S/C17H10BrF3N6O/c18-13-7-3-11(4-8-13)16-23-26-27(24-16)9-14-22-15(25-28-14)10-1-5-12(6-2-10)17(19,20)21/h1-8H,9H2. The van der Waals surface area contributed by atoms with Crippen LogP contribution in [0.1, 0.15) is 11.5 Å². The average Bonchev–Trinajstić information content (AvgIpc) is 3.32. The second-order valence-electron chi connectivity index (χ2n) is 5.74. The molecule has 0 saturated heterocycles. The highest BCUT2D eigenvalue weighted by atomic mass is 79.9. The first-order chi connectivity index (χ1) is 13.4. The van der Waals surface area contributed by atoms with Crippen LogP contribution in [0.2, 0.25) is 0 Å². The van der Waals surface area contributed by atoms with E-state index in [4.69, 9.17) is 4.52 Å². The van der Waals surface area contributed by atoms with Crippen LogP contribution >= 0.6 is 15.9 Å². The second-order valence-corrected chi connectivity index (χ2v) is 6.65. The molecule has 0 bridgehead atoms. The summed E-state index contributed by atoms with van der Waals surface area (Å²) in [6.45, 7) is 0.0805. The highest BCUT2D eigenvalue weighted by Crippen LogP contribution is 2.30. The Morgan fingerprint density at radius 3 is 2.25 bits per heavy atom. The van der Waals surface area contributed by atoms with Gasteiger partial charge in [0.05, 0.1) is 5.56 Å². The van der Waals surface area contributed by atoms with Gasteiger partial charge in [0, 0.05) is 15.6 Å². The van der Waals surface area contributed by atoms with E-state index < -0.39 is 11.7 Å². The summed E-state index contributed by atoms with van der Waals surface area (Å²) < 4.78 is 44.0. The van der Waals surface area contributed by atoms with Crippen LogP contribution in [0.25, 0.3) is 22.8 Å². The van der Waals surface area contributed by atoms with Crippen molar-refractivity contribution in [2.45, 2.75) is 12.7 Å². The van der Waals surface area contributed by atoms with Gasteiger partial charge in [0.25, 0.3) is 5.89 Å². The highest BCUT2D eigenvalue weighted by molar-refractivity contribution is 9.10. The summed E-state index contributed by atoms with van der Waals surface area (Å²) in [4.78, 5) is 5.46. The van der Waals surface area contributed by atoms with E-state index in [1.165, 1.54) is 16.9 Å². The van der Waals surface area contributed by atoms with Gasteiger partial charge in [-0.15, -0.1) is 10.2 Å². The summed E-state index contributed by atoms with van der Waals surface area (Å²) in [6, 6.07) is 11.9. The SMILES string of the molecule is FC(F)(F)c1ccc(-c2noc(Cn3nnc(-c4ccc(Br)cc4)n3)n2)cc1. The summed E-state index contributed by atoms with van der Waals surface area (Å²) in [5, 5.41) is 16.0. The molecular formula is C17H10BrF3N6O. The summed E-state index contributed by atoms with van der Waals surface area (Å²) in [5.41, 5.74) is 0.461. The van der Waals surface area contributed by atoms with Crippen molar-refractivity contribution in [3.05, 3.63) is 64.5 Å². The Bertz CT molecular complexity index is 1090. The molecule has 7 nitrogen and oxygen atoms in total. The Labute approximate surface area is 164 Å². The first-order valence-corrected chi connectivity index (χ1v) is 8.72. The summed E-state index contributed by atoms with van der Waals surface area (Å²) in [5.74, 6) is 0.821. The lowest BCUT2D eigenvalue weighted by atomic mass is 10.1. The molecule has 2 aromatic carbocycles. The molecule has 0 atom stereocenters. The lowest BCUT2D eigenvalue weighted by Gasteiger charge is -2.05. The maximum atomic E-state index is 12.6. The molecule has 4 rings (SSSR count). The van der Waals surface area contributed by atoms with Crippen molar-refractivity contribution >= 4 is 15.9 Å². The molecule has 0 fully saturated rings. The summed E-state index contributed by atoms with van der Waals surface area (Å²) in [7, 11) is 0. The Balaban J connectivity index is 1.49. The predicted octanol–water partition coefficient (Wildman–Crippen LogP) is 4.22. The van der Waals surface area contributed by atoms with E-state index >= 15 is 0 Å². The first kappa shape index (κ1) is 18.3. The molecule has 0 N–H and O–H groups in total. The second kappa shape index (κ2) is 7.15. The number of tetrazole rings is 1. The van der Waals surface area contributed by atoms with E-state index in [0.29, 0.717) is 11.4 Å². The number of nitrogens with zero attached hydrogens (tertiary/aromatic N) is 6. The monoisotopic (exact) mass is 450 g/mol. The van der Waals surface area contributed by atoms with Crippen LogP contribution in [-0.2, 0) is 12.7 Å². The fraction of sp³-hybridized carbons (Fsp3) is 0.118. The van der Waals surface area contributed by atoms with Crippen LogP contribution in [0.5, 0.6) is 0 Å². The Morgan fingerprint density at radius 2 is 1.57 bits per heavy atom. The predicted molar refractivity (Wildman–Crippen MR) is 94.8 cm³/mol. The number of hydrogen-bond acceptors (Lipinski definition) is 6. The van der Waals surface area contributed by atoms with E-state index in [0.717, 1.165) is 22.2 Å². The van der Waals surface area contributed by atoms with Crippen LogP contribution in [0.15, 0.2) is 57.5 Å². The van der Waals surface area contributed by atoms with Gasteiger partial charge >= 0.3 is 6.18 Å². The molecule has 0 aliphatic carbocycles. The van der Waals surface area contributed by atoms with Crippen LogP contribution < -0.4 is 0 Å². The third kappa shape index (κ3) is 3.93. The largest absolute Gasteiger partial charge is 0.416 e. The van der Waals surface area contributed by atoms with E-state index in [1.54, 1.807) is 0 Å². The molecule has 0 unspecified atom stereocenters. The van der Waals surface area contributed by atoms with Gasteiger partial charge in [-0.3, -0.25) is 0 Å². The van der Waals surface area contributed by atoms with Crippen molar-refractivity contribution < 1.29 is 17.7 Å². The molecule has 28 heavy (non-hydrogen) atoms. The third-order valence-electron chi connectivity index (χ3n) is 3.77. The minimum absolute atomic E-state index is 0.0805. The summed E-state index contributed by atoms with van der Waals surface area (Å²) in [6.07, 6.45) is -4.40. The Kier molecular flexibility index (Phi) is 4.67. The molecule has 0 aliphatic heterocycles. The van der Waals surface area contributed by atoms with Crippen molar-refractivity contribution in [1.29, 1.82) is 0 Å². The highest BCUT2D eigenvalue weighted by Gasteiger charge is 2.30. The number of benzene rings is 2.